The first kappa shape index (κ1) is 19.2. The van der Waals surface area contributed by atoms with Gasteiger partial charge < -0.3 is 9.64 Å². The highest BCUT2D eigenvalue weighted by molar-refractivity contribution is 7.92. The van der Waals surface area contributed by atoms with Gasteiger partial charge in [-0.3, -0.25) is 9.52 Å². The molecule has 0 bridgehead atoms. The number of amides is 1. The van der Waals surface area contributed by atoms with Crippen LogP contribution in [0.4, 0.5) is 5.69 Å². The average molecular weight is 388 g/mol. The van der Waals surface area contributed by atoms with Crippen molar-refractivity contribution in [1.82, 2.24) is 4.90 Å². The van der Waals surface area contributed by atoms with Crippen LogP contribution in [0.15, 0.2) is 53.4 Å². The highest BCUT2D eigenvalue weighted by atomic mass is 32.2. The van der Waals surface area contributed by atoms with Gasteiger partial charge in [0.15, 0.2) is 0 Å². The molecule has 1 fully saturated rings. The maximum Gasteiger partial charge on any atom is 0.261 e. The minimum Gasteiger partial charge on any atom is -0.491 e. The predicted molar refractivity (Wildman–Crippen MR) is 105 cm³/mol. The molecule has 1 saturated heterocycles. The van der Waals surface area contributed by atoms with Crippen LogP contribution >= 0.6 is 0 Å². The Kier molecular flexibility index (Phi) is 5.70. The molecule has 2 aromatic carbocycles. The van der Waals surface area contributed by atoms with Gasteiger partial charge in [0.1, 0.15) is 5.75 Å². The average Bonchev–Trinajstić information content (AvgIpc) is 3.17. The van der Waals surface area contributed by atoms with E-state index in [0.717, 1.165) is 25.9 Å². The number of carbonyl (C=O) groups excluding carboxylic acids is 1. The van der Waals surface area contributed by atoms with Gasteiger partial charge >= 0.3 is 0 Å². The Balaban J connectivity index is 1.70. The molecule has 0 aromatic heterocycles. The Morgan fingerprint density at radius 2 is 1.59 bits per heavy atom. The Morgan fingerprint density at radius 1 is 1.00 bits per heavy atom. The lowest BCUT2D eigenvalue weighted by Gasteiger charge is -2.15. The molecule has 1 amide bonds. The van der Waals surface area contributed by atoms with Gasteiger partial charge in [0.2, 0.25) is 0 Å². The van der Waals surface area contributed by atoms with Crippen LogP contribution in [0.2, 0.25) is 0 Å². The van der Waals surface area contributed by atoms with E-state index in [9.17, 15) is 13.2 Å². The van der Waals surface area contributed by atoms with E-state index in [1.807, 2.05) is 13.8 Å². The van der Waals surface area contributed by atoms with Crippen molar-refractivity contribution in [1.29, 1.82) is 0 Å². The van der Waals surface area contributed by atoms with Crippen molar-refractivity contribution in [2.45, 2.75) is 37.7 Å². The molecule has 6 nitrogen and oxygen atoms in total. The summed E-state index contributed by atoms with van der Waals surface area (Å²) in [6.45, 7) is 5.37. The van der Waals surface area contributed by atoms with Gasteiger partial charge in [-0.05, 0) is 75.2 Å². The third-order valence-electron chi connectivity index (χ3n) is 4.28. The first-order valence-corrected chi connectivity index (χ1v) is 10.5. The second-order valence-corrected chi connectivity index (χ2v) is 8.50. The normalized spacial score (nSPS) is 14.4. The van der Waals surface area contributed by atoms with E-state index < -0.39 is 10.0 Å². The van der Waals surface area contributed by atoms with Crippen molar-refractivity contribution in [2.24, 2.45) is 0 Å². The molecule has 1 aliphatic rings. The Labute approximate surface area is 160 Å². The number of likely N-dealkylation sites (tertiary alicyclic amines) is 1. The number of hydrogen-bond acceptors (Lipinski definition) is 4. The predicted octanol–water partition coefficient (Wildman–Crippen LogP) is 3.51. The molecular weight excluding hydrogens is 364 g/mol. The molecule has 1 aliphatic heterocycles. The number of rotatable bonds is 6. The number of ether oxygens (including phenoxy) is 1. The van der Waals surface area contributed by atoms with Crippen molar-refractivity contribution >= 4 is 21.6 Å². The smallest absolute Gasteiger partial charge is 0.261 e. The van der Waals surface area contributed by atoms with Gasteiger partial charge in [0, 0.05) is 24.3 Å². The van der Waals surface area contributed by atoms with Crippen LogP contribution in [0.3, 0.4) is 0 Å². The zero-order chi connectivity index (χ0) is 19.4. The molecule has 2 aromatic rings. The van der Waals surface area contributed by atoms with Crippen LogP contribution in [-0.4, -0.2) is 38.4 Å². The topological polar surface area (TPSA) is 75.7 Å². The maximum atomic E-state index is 12.6. The molecule has 3 rings (SSSR count). The Bertz CT molecular complexity index is 885. The largest absolute Gasteiger partial charge is 0.491 e. The van der Waals surface area contributed by atoms with E-state index in [1.54, 1.807) is 41.3 Å². The summed E-state index contributed by atoms with van der Waals surface area (Å²) in [6, 6.07) is 12.8. The van der Waals surface area contributed by atoms with Crippen LogP contribution < -0.4 is 9.46 Å². The third kappa shape index (κ3) is 4.80. The molecule has 0 saturated carbocycles. The quantitative estimate of drug-likeness (QED) is 0.822. The molecule has 0 aliphatic carbocycles. The van der Waals surface area contributed by atoms with E-state index in [2.05, 4.69) is 4.72 Å². The Hall–Kier alpha value is -2.54. The molecule has 1 heterocycles. The van der Waals surface area contributed by atoms with Crippen molar-refractivity contribution < 1.29 is 17.9 Å². The van der Waals surface area contributed by atoms with Gasteiger partial charge in [0.05, 0.1) is 11.0 Å². The fraction of sp³-hybridized carbons (Fsp3) is 0.350. The highest BCUT2D eigenvalue weighted by Crippen LogP contribution is 2.21. The fourth-order valence-corrected chi connectivity index (χ4v) is 4.03. The van der Waals surface area contributed by atoms with E-state index in [0.29, 0.717) is 17.0 Å². The summed E-state index contributed by atoms with van der Waals surface area (Å²) in [4.78, 5) is 14.3. The SMILES string of the molecule is CC(C)Oc1ccc(NS(=O)(=O)c2ccc(C(=O)N3CCCC3)cc2)cc1. The molecule has 0 spiro atoms. The minimum atomic E-state index is -3.73. The Morgan fingerprint density at radius 3 is 2.15 bits per heavy atom. The number of anilines is 1. The summed E-state index contributed by atoms with van der Waals surface area (Å²) in [5.74, 6) is 0.628. The zero-order valence-electron chi connectivity index (χ0n) is 15.5. The van der Waals surface area contributed by atoms with Crippen molar-refractivity contribution in [3.63, 3.8) is 0 Å². The lowest BCUT2D eigenvalue weighted by atomic mass is 10.2. The number of nitrogens with zero attached hydrogens (tertiary/aromatic N) is 1. The van der Waals surface area contributed by atoms with Gasteiger partial charge in [-0.2, -0.15) is 0 Å². The lowest BCUT2D eigenvalue weighted by Crippen LogP contribution is -2.27. The summed E-state index contributed by atoms with van der Waals surface area (Å²) >= 11 is 0. The molecule has 1 N–H and O–H groups in total. The lowest BCUT2D eigenvalue weighted by molar-refractivity contribution is 0.0792. The summed E-state index contributed by atoms with van der Waals surface area (Å²) in [5.41, 5.74) is 0.953. The zero-order valence-corrected chi connectivity index (χ0v) is 16.3. The van der Waals surface area contributed by atoms with Gasteiger partial charge in [-0.15, -0.1) is 0 Å². The number of carbonyl (C=O) groups is 1. The van der Waals surface area contributed by atoms with Gasteiger partial charge in [0.25, 0.3) is 15.9 Å². The van der Waals surface area contributed by atoms with E-state index in [-0.39, 0.29) is 16.9 Å². The van der Waals surface area contributed by atoms with Crippen LogP contribution in [0.1, 0.15) is 37.0 Å². The van der Waals surface area contributed by atoms with E-state index in [1.165, 1.54) is 12.1 Å². The van der Waals surface area contributed by atoms with Crippen LogP contribution in [-0.2, 0) is 10.0 Å². The molecule has 0 unspecified atom stereocenters. The number of nitrogens with one attached hydrogen (secondary N) is 1. The third-order valence-corrected chi connectivity index (χ3v) is 5.68. The molecular formula is C20H24N2O4S. The maximum absolute atomic E-state index is 12.6. The molecule has 0 atom stereocenters. The summed E-state index contributed by atoms with van der Waals surface area (Å²) in [7, 11) is -3.73. The van der Waals surface area contributed by atoms with Crippen LogP contribution in [0, 0.1) is 0 Å². The van der Waals surface area contributed by atoms with E-state index >= 15 is 0 Å². The molecule has 144 valence electrons. The van der Waals surface area contributed by atoms with Crippen molar-refractivity contribution in [2.75, 3.05) is 17.8 Å². The summed E-state index contributed by atoms with van der Waals surface area (Å²) in [6.07, 6.45) is 2.08. The van der Waals surface area contributed by atoms with E-state index in [4.69, 9.17) is 4.74 Å². The minimum absolute atomic E-state index is 0.0503. The molecule has 7 heteroatoms. The van der Waals surface area contributed by atoms with Crippen molar-refractivity contribution in [3.05, 3.63) is 54.1 Å². The second kappa shape index (κ2) is 8.00. The number of benzene rings is 2. The van der Waals surface area contributed by atoms with Crippen molar-refractivity contribution in [3.8, 4) is 5.75 Å². The van der Waals surface area contributed by atoms with Gasteiger partial charge in [-0.1, -0.05) is 0 Å². The fourth-order valence-electron chi connectivity index (χ4n) is 2.97. The van der Waals surface area contributed by atoms with Gasteiger partial charge in [-0.25, -0.2) is 8.42 Å². The highest BCUT2D eigenvalue weighted by Gasteiger charge is 2.20. The first-order valence-electron chi connectivity index (χ1n) is 9.04. The number of hydrogen-bond donors (Lipinski definition) is 1. The van der Waals surface area contributed by atoms with Crippen LogP contribution in [0.5, 0.6) is 5.75 Å². The molecule has 0 radical (unpaired) electrons. The van der Waals surface area contributed by atoms with Crippen LogP contribution in [0.25, 0.3) is 0 Å². The summed E-state index contributed by atoms with van der Waals surface area (Å²) < 4.78 is 33.2. The monoisotopic (exact) mass is 388 g/mol. The summed E-state index contributed by atoms with van der Waals surface area (Å²) in [5, 5.41) is 0. The first-order chi connectivity index (χ1) is 12.8. The standard InChI is InChI=1S/C20H24N2O4S/c1-15(2)26-18-9-7-17(8-10-18)21-27(24,25)19-11-5-16(6-12-19)20(23)22-13-3-4-14-22/h5-12,15,21H,3-4,13-14H2,1-2H3. The second-order valence-electron chi connectivity index (χ2n) is 6.82. The number of sulfonamides is 1. The molecule has 27 heavy (non-hydrogen) atoms.